The zero-order chi connectivity index (χ0) is 18.5. The van der Waals surface area contributed by atoms with Crippen molar-refractivity contribution in [2.24, 2.45) is 5.92 Å². The van der Waals surface area contributed by atoms with Gasteiger partial charge in [-0.3, -0.25) is 10.1 Å². The summed E-state index contributed by atoms with van der Waals surface area (Å²) in [7, 11) is 0. The lowest BCUT2D eigenvalue weighted by atomic mass is 9.89. The summed E-state index contributed by atoms with van der Waals surface area (Å²) in [6.45, 7) is 5.25. The number of nitrogens with one attached hydrogen (secondary N) is 3. The van der Waals surface area contributed by atoms with E-state index >= 15 is 0 Å². The SMILES string of the molecule is Cc1cc(C)c2[nH+]c(NCCNC(=O)C3CCCCC3)c(C#N)cc2c1. The van der Waals surface area contributed by atoms with E-state index in [1.165, 1.54) is 12.0 Å². The van der Waals surface area contributed by atoms with E-state index in [4.69, 9.17) is 0 Å². The highest BCUT2D eigenvalue weighted by molar-refractivity contribution is 5.82. The molecule has 0 spiro atoms. The maximum absolute atomic E-state index is 12.2. The number of fused-ring (bicyclic) bond motifs is 1. The number of hydrogen-bond acceptors (Lipinski definition) is 3. The van der Waals surface area contributed by atoms with Crippen molar-refractivity contribution in [1.29, 1.82) is 5.26 Å². The van der Waals surface area contributed by atoms with Gasteiger partial charge in [0.15, 0.2) is 0 Å². The molecule has 5 nitrogen and oxygen atoms in total. The Labute approximate surface area is 154 Å². The van der Waals surface area contributed by atoms with E-state index < -0.39 is 0 Å². The van der Waals surface area contributed by atoms with Crippen molar-refractivity contribution in [3.63, 3.8) is 0 Å². The van der Waals surface area contributed by atoms with E-state index in [0.29, 0.717) is 24.5 Å². The number of aromatic nitrogens is 1. The van der Waals surface area contributed by atoms with Crippen LogP contribution in [0, 0.1) is 31.1 Å². The number of H-pyrrole nitrogens is 1. The molecule has 1 aliphatic carbocycles. The third-order valence-electron chi connectivity index (χ3n) is 5.15. The van der Waals surface area contributed by atoms with Gasteiger partial charge in [-0.1, -0.05) is 25.3 Å². The topological polar surface area (TPSA) is 79.1 Å². The Kier molecular flexibility index (Phi) is 5.72. The summed E-state index contributed by atoms with van der Waals surface area (Å²) in [6.07, 6.45) is 5.59. The molecule has 1 aliphatic rings. The average molecular weight is 351 g/mol. The van der Waals surface area contributed by atoms with Crippen LogP contribution in [0.4, 0.5) is 5.82 Å². The van der Waals surface area contributed by atoms with Crippen LogP contribution in [0.2, 0.25) is 0 Å². The first kappa shape index (κ1) is 18.2. The maximum atomic E-state index is 12.2. The van der Waals surface area contributed by atoms with Crippen LogP contribution < -0.4 is 15.6 Å². The molecule has 0 atom stereocenters. The molecule has 1 saturated carbocycles. The Balaban J connectivity index is 1.63. The van der Waals surface area contributed by atoms with Crippen LogP contribution >= 0.6 is 0 Å². The van der Waals surface area contributed by atoms with Crippen molar-refractivity contribution in [3.8, 4) is 6.07 Å². The minimum Gasteiger partial charge on any atom is -0.352 e. The summed E-state index contributed by atoms with van der Waals surface area (Å²) < 4.78 is 0. The average Bonchev–Trinajstić information content (AvgIpc) is 2.65. The number of nitrogens with zero attached hydrogens (tertiary/aromatic N) is 1. The minimum absolute atomic E-state index is 0.167. The molecule has 0 bridgehead atoms. The summed E-state index contributed by atoms with van der Waals surface area (Å²) in [5.41, 5.74) is 3.95. The number of carbonyl (C=O) groups is 1. The Morgan fingerprint density at radius 1 is 1.19 bits per heavy atom. The van der Waals surface area contributed by atoms with Crippen molar-refractivity contribution >= 4 is 22.6 Å². The predicted molar refractivity (Wildman–Crippen MR) is 103 cm³/mol. The van der Waals surface area contributed by atoms with Gasteiger partial charge in [-0.25, -0.2) is 4.98 Å². The summed E-state index contributed by atoms with van der Waals surface area (Å²) >= 11 is 0. The molecular formula is C21H27N4O+. The van der Waals surface area contributed by atoms with Crippen LogP contribution in [0.15, 0.2) is 18.2 Å². The van der Waals surface area contributed by atoms with E-state index in [0.717, 1.165) is 42.1 Å². The van der Waals surface area contributed by atoms with Crippen LogP contribution in [0.5, 0.6) is 0 Å². The van der Waals surface area contributed by atoms with E-state index in [9.17, 15) is 10.1 Å². The van der Waals surface area contributed by atoms with E-state index in [1.807, 2.05) is 6.07 Å². The molecule has 1 heterocycles. The van der Waals surface area contributed by atoms with Crippen molar-refractivity contribution in [3.05, 3.63) is 34.9 Å². The lowest BCUT2D eigenvalue weighted by Gasteiger charge is -2.20. The first-order valence-corrected chi connectivity index (χ1v) is 9.47. The van der Waals surface area contributed by atoms with Gasteiger partial charge < -0.3 is 5.32 Å². The Hall–Kier alpha value is -2.61. The van der Waals surface area contributed by atoms with Crippen molar-refractivity contribution in [2.75, 3.05) is 18.4 Å². The van der Waals surface area contributed by atoms with E-state index in [2.05, 4.69) is 47.7 Å². The molecule has 2 aromatic rings. The summed E-state index contributed by atoms with van der Waals surface area (Å²) in [5, 5.41) is 16.8. The largest absolute Gasteiger partial charge is 0.352 e. The van der Waals surface area contributed by atoms with Crippen LogP contribution in [0.25, 0.3) is 10.9 Å². The molecule has 1 aromatic carbocycles. The minimum atomic E-state index is 0.167. The van der Waals surface area contributed by atoms with Crippen molar-refractivity contribution < 1.29 is 9.78 Å². The molecule has 1 aromatic heterocycles. The quantitative estimate of drug-likeness (QED) is 0.812. The number of anilines is 1. The molecule has 1 fully saturated rings. The van der Waals surface area contributed by atoms with E-state index in [-0.39, 0.29) is 11.8 Å². The first-order valence-electron chi connectivity index (χ1n) is 9.47. The van der Waals surface area contributed by atoms with Gasteiger partial charge in [-0.05, 0) is 49.9 Å². The van der Waals surface area contributed by atoms with Gasteiger partial charge in [0.05, 0.1) is 6.54 Å². The second-order valence-electron chi connectivity index (χ2n) is 7.27. The molecule has 0 aliphatic heterocycles. The third kappa shape index (κ3) is 4.13. The number of carbonyl (C=O) groups excluding carboxylic acids is 1. The van der Waals surface area contributed by atoms with Gasteiger partial charge in [0.1, 0.15) is 23.7 Å². The molecule has 5 heteroatoms. The lowest BCUT2D eigenvalue weighted by molar-refractivity contribution is -0.328. The summed E-state index contributed by atoms with van der Waals surface area (Å²) in [6, 6.07) is 8.36. The number of aromatic amines is 1. The molecule has 3 rings (SSSR count). The number of amides is 1. The molecule has 0 saturated heterocycles. The second kappa shape index (κ2) is 8.18. The van der Waals surface area contributed by atoms with Gasteiger partial charge in [-0.2, -0.15) is 5.26 Å². The van der Waals surface area contributed by atoms with Crippen LogP contribution in [-0.2, 0) is 4.79 Å². The molecule has 0 radical (unpaired) electrons. The van der Waals surface area contributed by atoms with Crippen molar-refractivity contribution in [1.82, 2.24) is 5.32 Å². The predicted octanol–water partition coefficient (Wildman–Crippen LogP) is 3.25. The fourth-order valence-corrected chi connectivity index (χ4v) is 3.81. The highest BCUT2D eigenvalue weighted by Crippen LogP contribution is 2.23. The zero-order valence-electron chi connectivity index (χ0n) is 15.6. The number of nitriles is 1. The number of rotatable bonds is 5. The molecule has 26 heavy (non-hydrogen) atoms. The Morgan fingerprint density at radius 3 is 2.69 bits per heavy atom. The fraction of sp³-hybridized carbons (Fsp3) is 0.476. The number of aryl methyl sites for hydroxylation is 2. The van der Waals surface area contributed by atoms with Crippen LogP contribution in [-0.4, -0.2) is 19.0 Å². The third-order valence-corrected chi connectivity index (χ3v) is 5.15. The maximum Gasteiger partial charge on any atom is 0.290 e. The number of pyridine rings is 1. The standard InChI is InChI=1S/C21H26N4O/c1-14-10-15(2)19-17(11-14)12-18(13-22)20(25-19)23-8-9-24-21(26)16-6-4-3-5-7-16/h10-12,16H,3-9H2,1-2H3,(H,23,25)(H,24,26)/p+1. The molecule has 136 valence electrons. The molecule has 1 amide bonds. The highest BCUT2D eigenvalue weighted by atomic mass is 16.1. The van der Waals surface area contributed by atoms with Gasteiger partial charge in [-0.15, -0.1) is 0 Å². The number of hydrogen-bond donors (Lipinski definition) is 2. The molecule has 3 N–H and O–H groups in total. The normalized spacial score (nSPS) is 14.8. The molecular weight excluding hydrogens is 324 g/mol. The zero-order valence-corrected chi connectivity index (χ0v) is 15.6. The number of benzene rings is 1. The summed E-state index contributed by atoms with van der Waals surface area (Å²) in [5.74, 6) is 1.05. The monoisotopic (exact) mass is 351 g/mol. The second-order valence-corrected chi connectivity index (χ2v) is 7.27. The first-order chi connectivity index (χ1) is 12.6. The van der Waals surface area contributed by atoms with Gasteiger partial charge >= 0.3 is 0 Å². The highest BCUT2D eigenvalue weighted by Gasteiger charge is 2.20. The fourth-order valence-electron chi connectivity index (χ4n) is 3.81. The van der Waals surface area contributed by atoms with E-state index in [1.54, 1.807) is 0 Å². The Bertz CT molecular complexity index is 847. The van der Waals surface area contributed by atoms with Gasteiger partial charge in [0.25, 0.3) is 5.82 Å². The lowest BCUT2D eigenvalue weighted by Crippen LogP contribution is -2.35. The Morgan fingerprint density at radius 2 is 1.96 bits per heavy atom. The van der Waals surface area contributed by atoms with Crippen LogP contribution in [0.3, 0.4) is 0 Å². The summed E-state index contributed by atoms with van der Waals surface area (Å²) in [4.78, 5) is 15.5. The smallest absolute Gasteiger partial charge is 0.290 e. The van der Waals surface area contributed by atoms with Crippen molar-refractivity contribution in [2.45, 2.75) is 46.0 Å². The van der Waals surface area contributed by atoms with Crippen LogP contribution in [0.1, 0.15) is 48.8 Å². The van der Waals surface area contributed by atoms with Gasteiger partial charge in [0.2, 0.25) is 5.91 Å². The molecule has 0 unspecified atom stereocenters. The van der Waals surface area contributed by atoms with Gasteiger partial charge in [0, 0.05) is 11.3 Å².